The van der Waals surface area contributed by atoms with Crippen molar-refractivity contribution in [2.45, 2.75) is 24.8 Å². The molecule has 108 valence electrons. The first-order valence-electron chi connectivity index (χ1n) is 6.12. The molecule has 0 saturated carbocycles. The Morgan fingerprint density at radius 2 is 2.15 bits per heavy atom. The van der Waals surface area contributed by atoms with Crippen LogP contribution in [-0.4, -0.2) is 23.2 Å². The van der Waals surface area contributed by atoms with Crippen LogP contribution in [0.3, 0.4) is 0 Å². The molecular weight excluding hydrogens is 280 g/mol. The number of sulfonamides is 1. The number of pyridine rings is 1. The minimum Gasteiger partial charge on any atom is -0.328 e. The van der Waals surface area contributed by atoms with Crippen molar-refractivity contribution in [2.24, 2.45) is 7.05 Å². The van der Waals surface area contributed by atoms with E-state index in [-0.39, 0.29) is 17.0 Å². The molecule has 2 N–H and O–H groups in total. The zero-order valence-electron chi connectivity index (χ0n) is 11.3. The van der Waals surface area contributed by atoms with E-state index in [1.165, 1.54) is 18.3 Å². The maximum Gasteiger partial charge on any atom is 0.247 e. The van der Waals surface area contributed by atoms with Gasteiger partial charge in [-0.05, 0) is 12.5 Å². The van der Waals surface area contributed by atoms with E-state index in [1.807, 2.05) is 6.92 Å². The lowest BCUT2D eigenvalue weighted by Crippen LogP contribution is -2.24. The quantitative estimate of drug-likeness (QED) is 0.820. The van der Waals surface area contributed by atoms with Crippen LogP contribution in [0.5, 0.6) is 0 Å². The molecule has 0 fully saturated rings. The molecule has 0 aliphatic rings. The summed E-state index contributed by atoms with van der Waals surface area (Å²) in [6.45, 7) is 2.13. The zero-order chi connectivity index (χ0) is 14.8. The van der Waals surface area contributed by atoms with E-state index in [4.69, 9.17) is 0 Å². The summed E-state index contributed by atoms with van der Waals surface area (Å²) in [5, 5.41) is 4.25. The topological polar surface area (TPSA) is 96.8 Å². The van der Waals surface area contributed by atoms with Crippen LogP contribution in [0, 0.1) is 0 Å². The Labute approximate surface area is 116 Å². The average Bonchev–Trinajstić information content (AvgIpc) is 2.77. The van der Waals surface area contributed by atoms with Crippen LogP contribution in [0.4, 0.5) is 0 Å². The molecule has 0 unspecified atom stereocenters. The number of aryl methyl sites for hydroxylation is 2. The average molecular weight is 296 g/mol. The molecule has 0 saturated heterocycles. The van der Waals surface area contributed by atoms with Crippen LogP contribution < -0.4 is 10.3 Å². The maximum absolute atomic E-state index is 12.1. The van der Waals surface area contributed by atoms with Gasteiger partial charge in [0, 0.05) is 37.6 Å². The molecule has 0 aromatic carbocycles. The number of aromatic amines is 1. The van der Waals surface area contributed by atoms with Crippen LogP contribution >= 0.6 is 0 Å². The third-order valence-electron chi connectivity index (χ3n) is 2.85. The minimum atomic E-state index is -3.65. The lowest BCUT2D eigenvalue weighted by Gasteiger charge is -2.06. The maximum atomic E-state index is 12.1. The van der Waals surface area contributed by atoms with Crippen molar-refractivity contribution in [3.05, 3.63) is 46.1 Å². The molecule has 7 nitrogen and oxygen atoms in total. The van der Waals surface area contributed by atoms with Crippen molar-refractivity contribution in [1.82, 2.24) is 19.5 Å². The second-order valence-electron chi connectivity index (χ2n) is 4.34. The van der Waals surface area contributed by atoms with Crippen LogP contribution in [0.2, 0.25) is 0 Å². The van der Waals surface area contributed by atoms with Crippen LogP contribution in [0.1, 0.15) is 18.2 Å². The zero-order valence-corrected chi connectivity index (χ0v) is 12.1. The summed E-state index contributed by atoms with van der Waals surface area (Å²) >= 11 is 0. The van der Waals surface area contributed by atoms with Crippen molar-refractivity contribution in [2.75, 3.05) is 0 Å². The Morgan fingerprint density at radius 1 is 1.40 bits per heavy atom. The van der Waals surface area contributed by atoms with Gasteiger partial charge in [-0.2, -0.15) is 5.10 Å². The molecule has 0 atom stereocenters. The number of H-pyrrole nitrogens is 1. The summed E-state index contributed by atoms with van der Waals surface area (Å²) in [5.74, 6) is 0. The van der Waals surface area contributed by atoms with Gasteiger partial charge in [0.2, 0.25) is 15.6 Å². The Balaban J connectivity index is 2.17. The van der Waals surface area contributed by atoms with Gasteiger partial charge in [-0.1, -0.05) is 6.92 Å². The van der Waals surface area contributed by atoms with Crippen LogP contribution in [0.25, 0.3) is 0 Å². The molecule has 2 rings (SSSR count). The van der Waals surface area contributed by atoms with Gasteiger partial charge in [0.15, 0.2) is 0 Å². The van der Waals surface area contributed by atoms with E-state index in [9.17, 15) is 13.2 Å². The predicted molar refractivity (Wildman–Crippen MR) is 73.7 cm³/mol. The van der Waals surface area contributed by atoms with E-state index >= 15 is 0 Å². The standard InChI is InChI=1S/C12H16N4O3S/c1-3-11-9(8-16(2)15-11)6-14-20(18,19)10-4-5-12(17)13-7-10/h4-5,7-8,14H,3,6H2,1-2H3,(H,13,17). The molecule has 0 amide bonds. The predicted octanol–water partition coefficient (Wildman–Crippen LogP) is 0.149. The first-order valence-corrected chi connectivity index (χ1v) is 7.60. The summed E-state index contributed by atoms with van der Waals surface area (Å²) in [5.41, 5.74) is 1.35. The summed E-state index contributed by atoms with van der Waals surface area (Å²) in [7, 11) is -1.86. The number of rotatable bonds is 5. The summed E-state index contributed by atoms with van der Waals surface area (Å²) < 4.78 is 28.3. The SMILES string of the molecule is CCc1nn(C)cc1CNS(=O)(=O)c1ccc(=O)[nH]c1. The fourth-order valence-corrected chi connectivity index (χ4v) is 2.82. The van der Waals surface area contributed by atoms with Crippen molar-refractivity contribution >= 4 is 10.0 Å². The van der Waals surface area contributed by atoms with Gasteiger partial charge >= 0.3 is 0 Å². The highest BCUT2D eigenvalue weighted by Crippen LogP contribution is 2.10. The van der Waals surface area contributed by atoms with E-state index in [0.29, 0.717) is 0 Å². The molecule has 0 bridgehead atoms. The van der Waals surface area contributed by atoms with Gasteiger partial charge in [0.25, 0.3) is 0 Å². The van der Waals surface area contributed by atoms with Crippen molar-refractivity contribution in [3.8, 4) is 0 Å². The largest absolute Gasteiger partial charge is 0.328 e. The van der Waals surface area contributed by atoms with Gasteiger partial charge in [-0.3, -0.25) is 9.48 Å². The molecule has 0 spiro atoms. The molecular formula is C12H16N4O3S. The van der Waals surface area contributed by atoms with Crippen molar-refractivity contribution in [3.63, 3.8) is 0 Å². The number of nitrogens with zero attached hydrogens (tertiary/aromatic N) is 2. The molecule has 2 heterocycles. The Bertz CT molecular complexity index is 741. The molecule has 2 aromatic heterocycles. The first-order chi connectivity index (χ1) is 9.42. The fraction of sp³-hybridized carbons (Fsp3) is 0.333. The number of hydrogen-bond acceptors (Lipinski definition) is 4. The summed E-state index contributed by atoms with van der Waals surface area (Å²) in [4.78, 5) is 13.3. The third kappa shape index (κ3) is 3.14. The van der Waals surface area contributed by atoms with E-state index < -0.39 is 10.0 Å². The number of aromatic nitrogens is 3. The van der Waals surface area contributed by atoms with Gasteiger partial charge < -0.3 is 4.98 Å². The lowest BCUT2D eigenvalue weighted by molar-refractivity contribution is 0.580. The Morgan fingerprint density at radius 3 is 2.75 bits per heavy atom. The van der Waals surface area contributed by atoms with Crippen molar-refractivity contribution in [1.29, 1.82) is 0 Å². The van der Waals surface area contributed by atoms with E-state index in [0.717, 1.165) is 17.7 Å². The van der Waals surface area contributed by atoms with Gasteiger partial charge in [-0.25, -0.2) is 13.1 Å². The monoisotopic (exact) mass is 296 g/mol. The molecule has 0 radical (unpaired) electrons. The smallest absolute Gasteiger partial charge is 0.247 e. The highest BCUT2D eigenvalue weighted by atomic mass is 32.2. The van der Waals surface area contributed by atoms with Crippen molar-refractivity contribution < 1.29 is 8.42 Å². The highest BCUT2D eigenvalue weighted by Gasteiger charge is 2.15. The van der Waals surface area contributed by atoms with Crippen LogP contribution in [-0.2, 0) is 30.0 Å². The minimum absolute atomic E-state index is 0.0269. The molecule has 2 aromatic rings. The van der Waals surface area contributed by atoms with E-state index in [1.54, 1.807) is 17.9 Å². The Kier molecular flexibility index (Phi) is 4.05. The second-order valence-corrected chi connectivity index (χ2v) is 6.11. The van der Waals surface area contributed by atoms with Gasteiger partial charge in [0.1, 0.15) is 0 Å². The lowest BCUT2D eigenvalue weighted by atomic mass is 10.2. The second kappa shape index (κ2) is 5.59. The van der Waals surface area contributed by atoms with Crippen LogP contribution in [0.15, 0.2) is 34.2 Å². The van der Waals surface area contributed by atoms with E-state index in [2.05, 4.69) is 14.8 Å². The third-order valence-corrected chi connectivity index (χ3v) is 4.24. The highest BCUT2D eigenvalue weighted by molar-refractivity contribution is 7.89. The fourth-order valence-electron chi connectivity index (χ4n) is 1.85. The molecule has 0 aliphatic heterocycles. The molecule has 20 heavy (non-hydrogen) atoms. The summed E-state index contributed by atoms with van der Waals surface area (Å²) in [6, 6.07) is 2.45. The normalized spacial score (nSPS) is 11.7. The van der Waals surface area contributed by atoms with Gasteiger partial charge in [-0.15, -0.1) is 0 Å². The molecule has 8 heteroatoms. The number of nitrogens with one attached hydrogen (secondary N) is 2. The Hall–Kier alpha value is -1.93. The summed E-state index contributed by atoms with van der Waals surface area (Å²) in [6.07, 6.45) is 3.69. The number of hydrogen-bond donors (Lipinski definition) is 2. The van der Waals surface area contributed by atoms with Gasteiger partial charge in [0.05, 0.1) is 10.6 Å². The molecule has 0 aliphatic carbocycles. The first kappa shape index (κ1) is 14.5.